The lowest BCUT2D eigenvalue weighted by atomic mass is 9.98. The molecule has 0 aromatic carbocycles. The summed E-state index contributed by atoms with van der Waals surface area (Å²) in [5, 5.41) is 75.0. The van der Waals surface area contributed by atoms with Crippen molar-refractivity contribution in [3.8, 4) is 0 Å². The van der Waals surface area contributed by atoms with E-state index in [4.69, 9.17) is 9.47 Å². The fourth-order valence-electron chi connectivity index (χ4n) is 8.67. The maximum atomic E-state index is 13.0. The van der Waals surface area contributed by atoms with Crippen molar-refractivity contribution in [2.75, 3.05) is 13.2 Å². The highest BCUT2D eigenvalue weighted by atomic mass is 16.7. The molecule has 1 amide bonds. The molecule has 1 aliphatic heterocycles. The van der Waals surface area contributed by atoms with E-state index in [1.54, 1.807) is 0 Å². The quantitative estimate of drug-likeness (QED) is 0.0216. The van der Waals surface area contributed by atoms with Crippen molar-refractivity contribution in [3.05, 3.63) is 12.2 Å². The van der Waals surface area contributed by atoms with Crippen LogP contribution in [0.15, 0.2) is 12.2 Å². The summed E-state index contributed by atoms with van der Waals surface area (Å²) in [5.74, 6) is -0.701. The number of aliphatic hydroxyl groups excluding tert-OH is 7. The third kappa shape index (κ3) is 31.5. The van der Waals surface area contributed by atoms with Crippen LogP contribution in [0.4, 0.5) is 0 Å². The maximum Gasteiger partial charge on any atom is 0.249 e. The number of hydrogen-bond acceptors (Lipinski definition) is 10. The van der Waals surface area contributed by atoms with Gasteiger partial charge in [-0.25, -0.2) is 0 Å². The van der Waals surface area contributed by atoms with Crippen LogP contribution in [0.25, 0.3) is 0 Å². The van der Waals surface area contributed by atoms with Crippen LogP contribution in [-0.2, 0) is 14.3 Å². The maximum absolute atomic E-state index is 13.0. The summed E-state index contributed by atoms with van der Waals surface area (Å²) < 4.78 is 11.0. The van der Waals surface area contributed by atoms with E-state index in [9.17, 15) is 40.5 Å². The van der Waals surface area contributed by atoms with E-state index >= 15 is 0 Å². The normalized spacial score (nSPS) is 21.2. The molecule has 0 saturated carbocycles. The number of unbranched alkanes of at least 4 members (excludes halogenated alkanes) is 31. The predicted octanol–water partition coefficient (Wildman–Crippen LogP) is 10.0. The van der Waals surface area contributed by atoms with Gasteiger partial charge in [-0.1, -0.05) is 219 Å². The minimum atomic E-state index is -1.66. The third-order valence-electron chi connectivity index (χ3n) is 13.1. The number of ether oxygens (including phenoxy) is 2. The lowest BCUT2D eigenvalue weighted by Gasteiger charge is -2.40. The average molecular weight is 900 g/mol. The van der Waals surface area contributed by atoms with Gasteiger partial charge in [-0.05, 0) is 38.5 Å². The molecular weight excluding hydrogens is 799 g/mol. The minimum absolute atomic E-state index is 0.263. The second-order valence-corrected chi connectivity index (χ2v) is 19.0. The molecule has 1 aliphatic rings. The summed E-state index contributed by atoms with van der Waals surface area (Å²) in [6.07, 6.45) is 36.7. The van der Waals surface area contributed by atoms with Gasteiger partial charge in [0, 0.05) is 0 Å². The van der Waals surface area contributed by atoms with E-state index in [0.717, 1.165) is 38.5 Å². The Kier molecular flexibility index (Phi) is 40.1. The molecule has 1 saturated heterocycles. The van der Waals surface area contributed by atoms with Crippen LogP contribution in [0.2, 0.25) is 0 Å². The standard InChI is InChI=1S/C52H101NO10/c1-3-5-7-9-10-11-12-13-14-15-16-17-18-19-20-21-22-23-24-25-26-27-28-29-30-31-32-33-34-35-36-38-40-45(56)51(61)53-43(47(57)44(55)39-37-8-6-4-2)42-62-52-50(60)49(59)48(58)46(41-54)63-52/h19-20,43-50,52,54-60H,3-18,21-42H2,1-2H3,(H,53,61)/b20-19-. The summed E-state index contributed by atoms with van der Waals surface area (Å²) in [6.45, 7) is 3.31. The molecule has 0 aromatic heterocycles. The van der Waals surface area contributed by atoms with E-state index < -0.39 is 74.2 Å². The smallest absolute Gasteiger partial charge is 0.249 e. The molecule has 1 rings (SSSR count). The monoisotopic (exact) mass is 900 g/mol. The van der Waals surface area contributed by atoms with Crippen molar-refractivity contribution < 1.29 is 50.0 Å². The highest BCUT2D eigenvalue weighted by molar-refractivity contribution is 5.80. The van der Waals surface area contributed by atoms with Crippen molar-refractivity contribution in [1.82, 2.24) is 5.32 Å². The van der Waals surface area contributed by atoms with E-state index in [1.807, 2.05) is 0 Å². The van der Waals surface area contributed by atoms with Gasteiger partial charge in [-0.15, -0.1) is 0 Å². The molecule has 0 bridgehead atoms. The van der Waals surface area contributed by atoms with Gasteiger partial charge < -0.3 is 50.5 Å². The van der Waals surface area contributed by atoms with Crippen LogP contribution >= 0.6 is 0 Å². The Labute approximate surface area is 385 Å². The molecule has 0 spiro atoms. The molecule has 63 heavy (non-hydrogen) atoms. The Morgan fingerprint density at radius 2 is 0.921 bits per heavy atom. The zero-order valence-electron chi connectivity index (χ0n) is 40.6. The first-order valence-electron chi connectivity index (χ1n) is 26.6. The third-order valence-corrected chi connectivity index (χ3v) is 13.1. The van der Waals surface area contributed by atoms with Gasteiger partial charge >= 0.3 is 0 Å². The Morgan fingerprint density at radius 3 is 1.35 bits per heavy atom. The van der Waals surface area contributed by atoms with Crippen molar-refractivity contribution in [3.63, 3.8) is 0 Å². The predicted molar refractivity (Wildman–Crippen MR) is 256 cm³/mol. The fraction of sp³-hybridized carbons (Fsp3) is 0.942. The highest BCUT2D eigenvalue weighted by Gasteiger charge is 2.44. The van der Waals surface area contributed by atoms with Gasteiger partial charge in [0.05, 0.1) is 25.4 Å². The Balaban J connectivity index is 2.07. The van der Waals surface area contributed by atoms with Crippen LogP contribution in [0.1, 0.15) is 245 Å². The van der Waals surface area contributed by atoms with Crippen LogP contribution in [0, 0.1) is 0 Å². The molecule has 9 atom stereocenters. The molecule has 0 radical (unpaired) electrons. The van der Waals surface area contributed by atoms with Crippen LogP contribution in [0.5, 0.6) is 0 Å². The van der Waals surface area contributed by atoms with Gasteiger partial charge in [0.1, 0.15) is 36.6 Å². The summed E-state index contributed by atoms with van der Waals surface area (Å²) in [6, 6.07) is -1.16. The van der Waals surface area contributed by atoms with Crippen LogP contribution < -0.4 is 5.32 Å². The van der Waals surface area contributed by atoms with Gasteiger partial charge in [-0.3, -0.25) is 4.79 Å². The van der Waals surface area contributed by atoms with Gasteiger partial charge in [0.25, 0.3) is 0 Å². The van der Waals surface area contributed by atoms with E-state index in [1.165, 1.54) is 167 Å². The van der Waals surface area contributed by atoms with Crippen molar-refractivity contribution in [1.29, 1.82) is 0 Å². The highest BCUT2D eigenvalue weighted by Crippen LogP contribution is 2.23. The number of carbonyl (C=O) groups excluding carboxylic acids is 1. The van der Waals surface area contributed by atoms with Gasteiger partial charge in [-0.2, -0.15) is 0 Å². The number of allylic oxidation sites excluding steroid dienone is 2. The van der Waals surface area contributed by atoms with Crippen molar-refractivity contribution in [2.24, 2.45) is 0 Å². The van der Waals surface area contributed by atoms with Gasteiger partial charge in [0.2, 0.25) is 5.91 Å². The molecule has 8 N–H and O–H groups in total. The lowest BCUT2D eigenvalue weighted by Crippen LogP contribution is -2.60. The number of amides is 1. The number of carbonyl (C=O) groups is 1. The first kappa shape index (κ1) is 59.9. The first-order chi connectivity index (χ1) is 30.7. The molecule has 374 valence electrons. The van der Waals surface area contributed by atoms with Crippen molar-refractivity contribution in [2.45, 2.75) is 300 Å². The summed E-state index contributed by atoms with van der Waals surface area (Å²) in [5.41, 5.74) is 0. The summed E-state index contributed by atoms with van der Waals surface area (Å²) in [7, 11) is 0. The van der Waals surface area contributed by atoms with Crippen LogP contribution in [0.3, 0.4) is 0 Å². The van der Waals surface area contributed by atoms with E-state index in [0.29, 0.717) is 19.3 Å². The zero-order valence-corrected chi connectivity index (χ0v) is 40.6. The van der Waals surface area contributed by atoms with Crippen molar-refractivity contribution >= 4 is 5.91 Å². The molecule has 11 heteroatoms. The Bertz CT molecular complexity index is 1030. The SMILES string of the molecule is CCCCCCCCCCCCCC/C=C\CCCCCCCCCCCCCCCCCCC(O)C(=O)NC(COC1OC(CO)C(O)C(O)C1O)C(O)C(O)CCCCCC. The number of rotatable bonds is 45. The molecule has 1 heterocycles. The molecule has 11 nitrogen and oxygen atoms in total. The summed E-state index contributed by atoms with van der Waals surface area (Å²) >= 11 is 0. The lowest BCUT2D eigenvalue weighted by molar-refractivity contribution is -0.303. The molecule has 0 aliphatic carbocycles. The minimum Gasteiger partial charge on any atom is -0.394 e. The topological polar surface area (TPSA) is 189 Å². The molecule has 1 fully saturated rings. The van der Waals surface area contributed by atoms with E-state index in [2.05, 4.69) is 31.3 Å². The van der Waals surface area contributed by atoms with Crippen LogP contribution in [-0.4, -0.2) is 110 Å². The summed E-state index contributed by atoms with van der Waals surface area (Å²) in [4.78, 5) is 13.0. The first-order valence-corrected chi connectivity index (χ1v) is 26.6. The fourth-order valence-corrected chi connectivity index (χ4v) is 8.67. The second kappa shape index (κ2) is 42.2. The average Bonchev–Trinajstić information content (AvgIpc) is 3.28. The number of nitrogens with one attached hydrogen (secondary N) is 1. The van der Waals surface area contributed by atoms with E-state index in [-0.39, 0.29) is 6.42 Å². The molecule has 9 unspecified atom stereocenters. The van der Waals surface area contributed by atoms with Gasteiger partial charge in [0.15, 0.2) is 6.29 Å². The Hall–Kier alpha value is -1.15. The zero-order chi connectivity index (χ0) is 46.2. The number of aliphatic hydroxyl groups is 7. The second-order valence-electron chi connectivity index (χ2n) is 19.0. The largest absolute Gasteiger partial charge is 0.394 e. The number of hydrogen-bond donors (Lipinski definition) is 8. The molecular formula is C52H101NO10. The molecule has 0 aromatic rings. The Morgan fingerprint density at radius 1 is 0.540 bits per heavy atom.